The summed E-state index contributed by atoms with van der Waals surface area (Å²) in [5.74, 6) is 2.03. The fourth-order valence-electron chi connectivity index (χ4n) is 5.05. The van der Waals surface area contributed by atoms with Gasteiger partial charge >= 0.3 is 0 Å². The van der Waals surface area contributed by atoms with E-state index in [-0.39, 0.29) is 16.6 Å². The Morgan fingerprint density at radius 3 is 1.61 bits per heavy atom. The highest BCUT2D eigenvalue weighted by molar-refractivity contribution is 5.48. The maximum atomic E-state index is 6.49. The predicted octanol–water partition coefficient (Wildman–Crippen LogP) is 9.08. The molecule has 0 unspecified atom stereocenters. The summed E-state index contributed by atoms with van der Waals surface area (Å²) < 4.78 is 12.8. The number of benzene rings is 2. The van der Waals surface area contributed by atoms with Crippen LogP contribution in [0.3, 0.4) is 0 Å². The predicted molar refractivity (Wildman–Crippen MR) is 141 cm³/mol. The van der Waals surface area contributed by atoms with Crippen molar-refractivity contribution in [2.24, 2.45) is 0 Å². The van der Waals surface area contributed by atoms with Crippen LogP contribution >= 0.6 is 0 Å². The fourth-order valence-corrected chi connectivity index (χ4v) is 5.05. The Hall–Kier alpha value is -1.96. The zero-order valence-corrected chi connectivity index (χ0v) is 22.4. The van der Waals surface area contributed by atoms with E-state index in [0.717, 1.165) is 30.8 Å². The Morgan fingerprint density at radius 2 is 1.18 bits per heavy atom. The lowest BCUT2D eigenvalue weighted by molar-refractivity contribution is 0.0794. The first-order valence-electron chi connectivity index (χ1n) is 13.2. The molecule has 0 atom stereocenters. The summed E-state index contributed by atoms with van der Waals surface area (Å²) in [6, 6.07) is 13.9. The summed E-state index contributed by atoms with van der Waals surface area (Å²) in [6.07, 6.45) is 9.30. The summed E-state index contributed by atoms with van der Waals surface area (Å²) in [5, 5.41) is 0. The van der Waals surface area contributed by atoms with E-state index >= 15 is 0 Å². The molecule has 0 radical (unpaired) electrons. The van der Waals surface area contributed by atoms with Gasteiger partial charge in [0.2, 0.25) is 0 Å². The molecular formula is C31H46O2. The highest BCUT2D eigenvalue weighted by Gasteiger charge is 2.36. The van der Waals surface area contributed by atoms with E-state index in [4.69, 9.17) is 9.47 Å². The summed E-state index contributed by atoms with van der Waals surface area (Å²) in [4.78, 5) is 0. The number of hydrogen-bond donors (Lipinski definition) is 0. The standard InChI is InChI=1S/C31H46O2/c1-9-29(6,7)32-27-17-15-25(21-23(27)4)31(19-13-12-14-20-31)26-16-18-28(24(5)22-26)33-30(8,10-2)11-3/h15-18,21-22H,9-14,19-20H2,1-8H3. The maximum absolute atomic E-state index is 6.49. The van der Waals surface area contributed by atoms with Gasteiger partial charge in [0, 0.05) is 5.41 Å². The molecule has 2 heteroatoms. The second kappa shape index (κ2) is 10.1. The van der Waals surface area contributed by atoms with Crippen molar-refractivity contribution in [3.8, 4) is 11.5 Å². The molecular weight excluding hydrogens is 404 g/mol. The summed E-state index contributed by atoms with van der Waals surface area (Å²) in [5.41, 5.74) is 5.17. The average molecular weight is 451 g/mol. The first-order chi connectivity index (χ1) is 15.6. The number of hydrogen-bond acceptors (Lipinski definition) is 2. The molecule has 2 nitrogen and oxygen atoms in total. The quantitative estimate of drug-likeness (QED) is 0.379. The molecule has 0 N–H and O–H groups in total. The van der Waals surface area contributed by atoms with Gasteiger partial charge in [-0.25, -0.2) is 0 Å². The van der Waals surface area contributed by atoms with E-state index in [0.29, 0.717) is 0 Å². The van der Waals surface area contributed by atoms with Crippen LogP contribution in [0.5, 0.6) is 11.5 Å². The van der Waals surface area contributed by atoms with Gasteiger partial charge in [0.25, 0.3) is 0 Å². The van der Waals surface area contributed by atoms with Gasteiger partial charge in [0.15, 0.2) is 0 Å². The lowest BCUT2D eigenvalue weighted by atomic mass is 9.65. The molecule has 0 saturated heterocycles. The van der Waals surface area contributed by atoms with Gasteiger partial charge < -0.3 is 9.47 Å². The van der Waals surface area contributed by atoms with Crippen molar-refractivity contribution in [2.75, 3.05) is 0 Å². The van der Waals surface area contributed by atoms with Crippen LogP contribution in [0.1, 0.15) is 115 Å². The second-order valence-corrected chi connectivity index (χ2v) is 11.1. The Balaban J connectivity index is 1.99. The molecule has 2 aromatic carbocycles. The molecule has 1 aliphatic rings. The molecule has 182 valence electrons. The first kappa shape index (κ1) is 25.7. The fraction of sp³-hybridized carbons (Fsp3) is 0.613. The van der Waals surface area contributed by atoms with Gasteiger partial charge in [0.1, 0.15) is 22.7 Å². The van der Waals surface area contributed by atoms with Gasteiger partial charge in [-0.2, -0.15) is 0 Å². The van der Waals surface area contributed by atoms with Crippen LogP contribution in [0.15, 0.2) is 36.4 Å². The SMILES string of the molecule is CCC(C)(C)Oc1ccc(C2(c3ccc(OC(C)(CC)CC)c(C)c3)CCCCC2)cc1C. The smallest absolute Gasteiger partial charge is 0.123 e. The minimum absolute atomic E-state index is 0.0733. The van der Waals surface area contributed by atoms with Crippen LogP contribution in [0, 0.1) is 13.8 Å². The zero-order chi connectivity index (χ0) is 24.3. The molecule has 0 amide bonds. The molecule has 0 heterocycles. The highest BCUT2D eigenvalue weighted by Crippen LogP contribution is 2.47. The molecule has 0 aromatic heterocycles. The van der Waals surface area contributed by atoms with Crippen molar-refractivity contribution in [3.05, 3.63) is 58.7 Å². The van der Waals surface area contributed by atoms with Crippen LogP contribution in [0.4, 0.5) is 0 Å². The Labute approximate surface area is 203 Å². The Bertz CT molecular complexity index is 930. The zero-order valence-electron chi connectivity index (χ0n) is 22.4. The molecule has 0 bridgehead atoms. The molecule has 2 aromatic rings. The molecule has 33 heavy (non-hydrogen) atoms. The van der Waals surface area contributed by atoms with Crippen LogP contribution in [0.25, 0.3) is 0 Å². The normalized spacial score (nSPS) is 16.5. The van der Waals surface area contributed by atoms with Crippen molar-refractivity contribution in [3.63, 3.8) is 0 Å². The van der Waals surface area contributed by atoms with E-state index in [1.807, 2.05) is 0 Å². The van der Waals surface area contributed by atoms with Gasteiger partial charge in [-0.3, -0.25) is 0 Å². The topological polar surface area (TPSA) is 18.5 Å². The van der Waals surface area contributed by atoms with Gasteiger partial charge in [-0.1, -0.05) is 64.3 Å². The third kappa shape index (κ3) is 5.58. The van der Waals surface area contributed by atoms with Crippen LogP contribution in [0.2, 0.25) is 0 Å². The van der Waals surface area contributed by atoms with Crippen molar-refractivity contribution in [1.82, 2.24) is 0 Å². The Kier molecular flexibility index (Phi) is 7.87. The lowest BCUT2D eigenvalue weighted by Crippen LogP contribution is -2.32. The number of rotatable bonds is 9. The first-order valence-corrected chi connectivity index (χ1v) is 13.2. The largest absolute Gasteiger partial charge is 0.488 e. The van der Waals surface area contributed by atoms with Crippen LogP contribution in [-0.4, -0.2) is 11.2 Å². The maximum Gasteiger partial charge on any atom is 0.123 e. The number of aryl methyl sites for hydroxylation is 2. The van der Waals surface area contributed by atoms with Crippen molar-refractivity contribution >= 4 is 0 Å². The van der Waals surface area contributed by atoms with Gasteiger partial charge in [0.05, 0.1) is 0 Å². The minimum Gasteiger partial charge on any atom is -0.488 e. The van der Waals surface area contributed by atoms with E-state index in [2.05, 4.69) is 91.8 Å². The minimum atomic E-state index is -0.146. The van der Waals surface area contributed by atoms with Crippen molar-refractivity contribution in [1.29, 1.82) is 0 Å². The summed E-state index contributed by atoms with van der Waals surface area (Å²) in [6.45, 7) is 17.5. The molecule has 0 spiro atoms. The van der Waals surface area contributed by atoms with E-state index in [9.17, 15) is 0 Å². The summed E-state index contributed by atoms with van der Waals surface area (Å²) in [7, 11) is 0. The molecule has 3 rings (SSSR count). The van der Waals surface area contributed by atoms with Gasteiger partial charge in [-0.15, -0.1) is 0 Å². The van der Waals surface area contributed by atoms with Crippen molar-refractivity contribution < 1.29 is 9.47 Å². The molecule has 1 fully saturated rings. The van der Waals surface area contributed by atoms with Gasteiger partial charge in [-0.05, 0) is 101 Å². The van der Waals surface area contributed by atoms with E-state index in [1.165, 1.54) is 54.4 Å². The van der Waals surface area contributed by atoms with Crippen LogP contribution < -0.4 is 9.47 Å². The second-order valence-electron chi connectivity index (χ2n) is 11.1. The van der Waals surface area contributed by atoms with E-state index in [1.54, 1.807) is 0 Å². The molecule has 1 aliphatic carbocycles. The summed E-state index contributed by atoms with van der Waals surface area (Å²) >= 11 is 0. The Morgan fingerprint density at radius 1 is 0.697 bits per heavy atom. The third-order valence-corrected chi connectivity index (χ3v) is 8.25. The monoisotopic (exact) mass is 450 g/mol. The molecule has 0 aliphatic heterocycles. The van der Waals surface area contributed by atoms with E-state index < -0.39 is 0 Å². The highest BCUT2D eigenvalue weighted by atomic mass is 16.5. The average Bonchev–Trinajstić information content (AvgIpc) is 2.82. The molecule has 1 saturated carbocycles. The van der Waals surface area contributed by atoms with Crippen LogP contribution in [-0.2, 0) is 5.41 Å². The lowest BCUT2D eigenvalue weighted by Gasteiger charge is -2.39. The number of ether oxygens (including phenoxy) is 2. The van der Waals surface area contributed by atoms with Crippen molar-refractivity contribution in [2.45, 2.75) is 123 Å². The third-order valence-electron chi connectivity index (χ3n) is 8.25.